The Labute approximate surface area is 243 Å². The molecule has 0 bridgehead atoms. The minimum atomic E-state index is 0.0287. The van der Waals surface area contributed by atoms with Gasteiger partial charge >= 0.3 is 0 Å². The second kappa shape index (κ2) is 12.3. The summed E-state index contributed by atoms with van der Waals surface area (Å²) in [5, 5.41) is 28.8. The first-order valence-corrected chi connectivity index (χ1v) is 14.4. The highest BCUT2D eigenvalue weighted by Gasteiger charge is 2.29. The van der Waals surface area contributed by atoms with Gasteiger partial charge in [0.2, 0.25) is 0 Å². The molecule has 3 aromatic rings. The van der Waals surface area contributed by atoms with Gasteiger partial charge in [0.1, 0.15) is 11.4 Å². The van der Waals surface area contributed by atoms with Gasteiger partial charge in [-0.1, -0.05) is 31.6 Å². The van der Waals surface area contributed by atoms with E-state index in [9.17, 15) is 10.2 Å². The van der Waals surface area contributed by atoms with E-state index in [1.54, 1.807) is 12.1 Å². The minimum absolute atomic E-state index is 0.0287. The SMILES string of the molecule is C=C1CN(c2cc(-c3ccccc3O)nnc2C)CC(C)N1c1ccnc(C#CCN2CCCC(C)(CO)CC2)c1. The first-order chi connectivity index (χ1) is 19.8. The third kappa shape index (κ3) is 6.53. The molecule has 2 N–H and O–H groups in total. The minimum Gasteiger partial charge on any atom is -0.507 e. The number of aryl methyl sites for hydroxylation is 1. The number of aliphatic hydroxyl groups is 1. The molecular formula is C33H40N6O2. The molecule has 1 aromatic carbocycles. The standard InChI is InChI=1S/C33H40N6O2/c1-24-21-38(31-20-30(36-35-26(31)3)29-10-5-6-11-32(29)41)22-25(2)39(24)28-12-15-34-27(19-28)9-7-16-37-17-8-13-33(4,23-40)14-18-37/h5-6,10-12,15,19-20,25,40-41H,1,8,13-14,16-18,21-23H2,2-4H3. The van der Waals surface area contributed by atoms with Gasteiger partial charge in [0.25, 0.3) is 0 Å². The maximum Gasteiger partial charge on any atom is 0.125 e. The number of benzene rings is 1. The number of piperazine rings is 1. The van der Waals surface area contributed by atoms with E-state index in [4.69, 9.17) is 0 Å². The lowest BCUT2D eigenvalue weighted by Crippen LogP contribution is -2.50. The van der Waals surface area contributed by atoms with E-state index in [0.29, 0.717) is 24.3 Å². The summed E-state index contributed by atoms with van der Waals surface area (Å²) in [6, 6.07) is 13.4. The van der Waals surface area contributed by atoms with Crippen molar-refractivity contribution in [1.29, 1.82) is 0 Å². The molecule has 0 spiro atoms. The summed E-state index contributed by atoms with van der Waals surface area (Å²) in [5.74, 6) is 6.78. The number of likely N-dealkylation sites (tertiary alicyclic amines) is 1. The monoisotopic (exact) mass is 552 g/mol. The Morgan fingerprint density at radius 2 is 1.95 bits per heavy atom. The van der Waals surface area contributed by atoms with Crippen LogP contribution in [0.3, 0.4) is 0 Å². The summed E-state index contributed by atoms with van der Waals surface area (Å²) >= 11 is 0. The smallest absolute Gasteiger partial charge is 0.125 e. The molecule has 8 nitrogen and oxygen atoms in total. The van der Waals surface area contributed by atoms with Crippen molar-refractivity contribution >= 4 is 11.4 Å². The Morgan fingerprint density at radius 3 is 2.73 bits per heavy atom. The molecule has 8 heteroatoms. The van der Waals surface area contributed by atoms with Crippen LogP contribution in [0.2, 0.25) is 0 Å². The van der Waals surface area contributed by atoms with Gasteiger partial charge in [-0.2, -0.15) is 5.10 Å². The summed E-state index contributed by atoms with van der Waals surface area (Å²) in [4.78, 5) is 11.4. The third-order valence-electron chi connectivity index (χ3n) is 8.32. The topological polar surface area (TPSA) is 88.8 Å². The molecule has 2 aliphatic heterocycles. The van der Waals surface area contributed by atoms with Crippen molar-refractivity contribution in [3.63, 3.8) is 0 Å². The molecule has 5 rings (SSSR count). The normalized spacial score (nSPS) is 21.8. The summed E-state index contributed by atoms with van der Waals surface area (Å²) < 4.78 is 0. The van der Waals surface area contributed by atoms with Crippen LogP contribution >= 0.6 is 0 Å². The Morgan fingerprint density at radius 1 is 1.12 bits per heavy atom. The number of nitrogens with zero attached hydrogens (tertiary/aromatic N) is 6. The zero-order chi connectivity index (χ0) is 29.0. The van der Waals surface area contributed by atoms with Crippen LogP contribution in [0, 0.1) is 24.2 Å². The van der Waals surface area contributed by atoms with Crippen LogP contribution < -0.4 is 9.80 Å². The molecule has 2 saturated heterocycles. The number of rotatable bonds is 5. The number of para-hydroxylation sites is 1. The molecule has 0 radical (unpaired) electrons. The number of phenols is 1. The van der Waals surface area contributed by atoms with Crippen LogP contribution in [-0.4, -0.2) is 75.7 Å². The lowest BCUT2D eigenvalue weighted by molar-refractivity contribution is 0.125. The first kappa shape index (κ1) is 28.6. The van der Waals surface area contributed by atoms with Gasteiger partial charge in [0, 0.05) is 42.3 Å². The van der Waals surface area contributed by atoms with Crippen LogP contribution in [0.15, 0.2) is 60.9 Å². The second-order valence-electron chi connectivity index (χ2n) is 11.7. The number of pyridine rings is 1. The molecular weight excluding hydrogens is 512 g/mol. The Hall–Kier alpha value is -3.93. The summed E-state index contributed by atoms with van der Waals surface area (Å²) in [6.07, 6.45) is 4.96. The van der Waals surface area contributed by atoms with Crippen LogP contribution in [0.5, 0.6) is 5.75 Å². The van der Waals surface area contributed by atoms with Crippen molar-refractivity contribution in [2.45, 2.75) is 46.1 Å². The quantitative estimate of drug-likeness (QED) is 0.444. The van der Waals surface area contributed by atoms with E-state index < -0.39 is 0 Å². The molecule has 214 valence electrons. The molecule has 2 unspecified atom stereocenters. The van der Waals surface area contributed by atoms with E-state index in [0.717, 1.165) is 67.4 Å². The van der Waals surface area contributed by atoms with Crippen molar-refractivity contribution in [2.24, 2.45) is 5.41 Å². The van der Waals surface area contributed by atoms with Crippen LogP contribution in [0.1, 0.15) is 44.5 Å². The maximum absolute atomic E-state index is 10.3. The van der Waals surface area contributed by atoms with Gasteiger partial charge in [-0.3, -0.25) is 4.90 Å². The molecule has 2 fully saturated rings. The van der Waals surface area contributed by atoms with Crippen LogP contribution in [-0.2, 0) is 0 Å². The predicted molar refractivity (Wildman–Crippen MR) is 164 cm³/mol. The number of aromatic hydroxyl groups is 1. The molecule has 0 saturated carbocycles. The zero-order valence-corrected chi connectivity index (χ0v) is 24.3. The van der Waals surface area contributed by atoms with E-state index in [1.807, 2.05) is 43.5 Å². The fraction of sp³-hybridized carbons (Fsp3) is 0.424. The zero-order valence-electron chi connectivity index (χ0n) is 24.3. The average molecular weight is 553 g/mol. The van der Waals surface area contributed by atoms with E-state index in [1.165, 1.54) is 0 Å². The molecule has 2 aliphatic rings. The van der Waals surface area contributed by atoms with Crippen LogP contribution in [0.25, 0.3) is 11.3 Å². The Kier molecular flexibility index (Phi) is 8.57. The van der Waals surface area contributed by atoms with Crippen molar-refractivity contribution in [3.8, 4) is 28.8 Å². The van der Waals surface area contributed by atoms with E-state index in [-0.39, 0.29) is 23.8 Å². The number of aromatic nitrogens is 3. The molecule has 0 aliphatic carbocycles. The second-order valence-corrected chi connectivity index (χ2v) is 11.7. The Balaban J connectivity index is 1.27. The molecule has 4 heterocycles. The number of hydrogen-bond acceptors (Lipinski definition) is 8. The van der Waals surface area contributed by atoms with Gasteiger partial charge in [-0.25, -0.2) is 4.98 Å². The maximum atomic E-state index is 10.3. The lowest BCUT2D eigenvalue weighted by Gasteiger charge is -2.43. The highest BCUT2D eigenvalue weighted by Crippen LogP contribution is 2.34. The summed E-state index contributed by atoms with van der Waals surface area (Å²) in [7, 11) is 0. The van der Waals surface area contributed by atoms with Crippen LogP contribution in [0.4, 0.5) is 11.4 Å². The number of hydrogen-bond donors (Lipinski definition) is 2. The first-order valence-electron chi connectivity index (χ1n) is 14.4. The number of phenolic OH excluding ortho intramolecular Hbond substituents is 1. The van der Waals surface area contributed by atoms with E-state index >= 15 is 0 Å². The van der Waals surface area contributed by atoms with E-state index in [2.05, 4.69) is 62.1 Å². The Bertz CT molecular complexity index is 1460. The third-order valence-corrected chi connectivity index (χ3v) is 8.32. The largest absolute Gasteiger partial charge is 0.507 e. The van der Waals surface area contributed by atoms with Crippen molar-refractivity contribution in [1.82, 2.24) is 20.1 Å². The fourth-order valence-corrected chi connectivity index (χ4v) is 5.87. The van der Waals surface area contributed by atoms with Gasteiger partial charge < -0.3 is 20.0 Å². The highest BCUT2D eigenvalue weighted by molar-refractivity contribution is 5.71. The summed E-state index contributed by atoms with van der Waals surface area (Å²) in [6.45, 7) is 15.1. The highest BCUT2D eigenvalue weighted by atomic mass is 16.3. The van der Waals surface area contributed by atoms with Gasteiger partial charge in [0.15, 0.2) is 0 Å². The average Bonchev–Trinajstić information content (AvgIpc) is 3.15. The molecule has 0 amide bonds. The van der Waals surface area contributed by atoms with Gasteiger partial charge in [0.05, 0.1) is 30.2 Å². The van der Waals surface area contributed by atoms with Crippen molar-refractivity contribution < 1.29 is 10.2 Å². The number of anilines is 2. The summed E-state index contributed by atoms with van der Waals surface area (Å²) in [5.41, 5.74) is 5.92. The molecule has 2 atom stereocenters. The fourth-order valence-electron chi connectivity index (χ4n) is 5.87. The molecule has 2 aromatic heterocycles. The molecule has 41 heavy (non-hydrogen) atoms. The number of aliphatic hydroxyl groups excluding tert-OH is 1. The van der Waals surface area contributed by atoms with Gasteiger partial charge in [-0.05, 0) is 87.9 Å². The van der Waals surface area contributed by atoms with Crippen molar-refractivity contribution in [2.75, 3.05) is 49.1 Å². The lowest BCUT2D eigenvalue weighted by atomic mass is 9.84. The van der Waals surface area contributed by atoms with Gasteiger partial charge in [-0.15, -0.1) is 5.10 Å². The van der Waals surface area contributed by atoms with Crippen molar-refractivity contribution in [3.05, 3.63) is 72.3 Å². The predicted octanol–water partition coefficient (Wildman–Crippen LogP) is 4.62.